The number of Topliss-reactive ketones (excluding diaryl/α,β-unsaturated/α-hetero) is 1. The van der Waals surface area contributed by atoms with Crippen LogP contribution in [0.5, 0.6) is 0 Å². The molecule has 11 nitrogen and oxygen atoms in total. The zero-order valence-corrected chi connectivity index (χ0v) is 22.3. The standard InChI is InChI=1S/C24H33NO10S/c1-11(19-16(30)8-24(6,7)9-17(19)31)25-20-22(34-14(4)28)21(33-13(3)27)18(10-32-12(2)26)35-23(20)36-15(5)29/h18,20-23,30H,8-10H2,1-7H3/t18-,20-,21-,22-,23+/m1/s1. The van der Waals surface area contributed by atoms with Crippen LogP contribution in [0.3, 0.4) is 0 Å². The van der Waals surface area contributed by atoms with Gasteiger partial charge in [0.25, 0.3) is 0 Å². The summed E-state index contributed by atoms with van der Waals surface area (Å²) in [4.78, 5) is 64.8. The van der Waals surface area contributed by atoms with Gasteiger partial charge in [-0.3, -0.25) is 29.0 Å². The highest BCUT2D eigenvalue weighted by Crippen LogP contribution is 2.38. The number of carbonyl (C=O) groups excluding carboxylic acids is 5. The van der Waals surface area contributed by atoms with E-state index in [0.29, 0.717) is 0 Å². The van der Waals surface area contributed by atoms with Crippen molar-refractivity contribution in [1.82, 2.24) is 0 Å². The number of nitrogens with zero attached hydrogens (tertiary/aromatic N) is 1. The highest BCUT2D eigenvalue weighted by Gasteiger charge is 2.51. The molecule has 0 aromatic carbocycles. The summed E-state index contributed by atoms with van der Waals surface area (Å²) in [6, 6.07) is -1.11. The molecule has 1 fully saturated rings. The molecule has 36 heavy (non-hydrogen) atoms. The number of rotatable bonds is 7. The van der Waals surface area contributed by atoms with E-state index in [2.05, 4.69) is 4.99 Å². The molecular formula is C24H33NO10S. The quantitative estimate of drug-likeness (QED) is 0.295. The predicted octanol–water partition coefficient (Wildman–Crippen LogP) is 2.45. The van der Waals surface area contributed by atoms with Crippen molar-refractivity contribution < 1.29 is 48.0 Å². The number of aliphatic imine (C=N–C) groups is 1. The lowest BCUT2D eigenvalue weighted by Gasteiger charge is -2.43. The summed E-state index contributed by atoms with van der Waals surface area (Å²) in [6.07, 6.45) is -3.10. The second kappa shape index (κ2) is 12.0. The summed E-state index contributed by atoms with van der Waals surface area (Å²) in [7, 11) is 0. The highest BCUT2D eigenvalue weighted by atomic mass is 32.2. The molecule has 0 aromatic rings. The Bertz CT molecular complexity index is 985. The Morgan fingerprint density at radius 3 is 2.08 bits per heavy atom. The maximum Gasteiger partial charge on any atom is 0.303 e. The minimum absolute atomic E-state index is 0.0496. The summed E-state index contributed by atoms with van der Waals surface area (Å²) >= 11 is 0.759. The second-order valence-corrected chi connectivity index (χ2v) is 10.8. The SMILES string of the molecule is CC(=O)OC[C@H]1O[C@@H](SC(C)=O)[C@H](N=C(C)C2=C(O)CC(C)(C)CC2=O)[C@@H](OC(C)=O)[C@@H]1OC(C)=O. The average molecular weight is 528 g/mol. The lowest BCUT2D eigenvalue weighted by molar-refractivity contribution is -0.208. The molecule has 0 radical (unpaired) electrons. The van der Waals surface area contributed by atoms with Crippen LogP contribution in [0.1, 0.15) is 61.3 Å². The van der Waals surface area contributed by atoms with Gasteiger partial charge in [-0.25, -0.2) is 0 Å². The van der Waals surface area contributed by atoms with Crippen LogP contribution in [0.25, 0.3) is 0 Å². The van der Waals surface area contributed by atoms with Crippen molar-refractivity contribution in [3.63, 3.8) is 0 Å². The zero-order chi connectivity index (χ0) is 27.4. The molecule has 0 aromatic heterocycles. The molecule has 0 unspecified atom stereocenters. The Kier molecular flexibility index (Phi) is 9.84. The monoisotopic (exact) mass is 527 g/mol. The van der Waals surface area contributed by atoms with Crippen molar-refractivity contribution in [3.8, 4) is 0 Å². The van der Waals surface area contributed by atoms with Crippen molar-refractivity contribution >= 4 is 46.3 Å². The largest absolute Gasteiger partial charge is 0.511 e. The third kappa shape index (κ3) is 7.89. The summed E-state index contributed by atoms with van der Waals surface area (Å²) < 4.78 is 21.9. The smallest absolute Gasteiger partial charge is 0.303 e. The molecule has 5 atom stereocenters. The van der Waals surface area contributed by atoms with E-state index in [-0.39, 0.29) is 47.4 Å². The number of allylic oxidation sites excluding steroid dienone is 2. The molecule has 1 aliphatic heterocycles. The van der Waals surface area contributed by atoms with Crippen molar-refractivity contribution in [2.75, 3.05) is 6.61 Å². The molecule has 1 saturated heterocycles. The van der Waals surface area contributed by atoms with Crippen LogP contribution in [-0.4, -0.2) is 76.0 Å². The first-order valence-corrected chi connectivity index (χ1v) is 12.3. The van der Waals surface area contributed by atoms with Crippen LogP contribution in [0, 0.1) is 5.41 Å². The number of aliphatic hydroxyl groups excluding tert-OH is 1. The highest BCUT2D eigenvalue weighted by molar-refractivity contribution is 8.14. The fourth-order valence-electron chi connectivity index (χ4n) is 4.27. The Balaban J connectivity index is 2.60. The second-order valence-electron chi connectivity index (χ2n) is 9.57. The Morgan fingerprint density at radius 2 is 1.58 bits per heavy atom. The van der Waals surface area contributed by atoms with Gasteiger partial charge >= 0.3 is 17.9 Å². The number of ketones is 1. The van der Waals surface area contributed by atoms with Gasteiger partial charge in [0, 0.05) is 46.2 Å². The molecule has 1 heterocycles. The molecular weight excluding hydrogens is 494 g/mol. The molecule has 1 N–H and O–H groups in total. The van der Waals surface area contributed by atoms with Crippen molar-refractivity contribution in [2.24, 2.45) is 10.4 Å². The van der Waals surface area contributed by atoms with Gasteiger partial charge in [0.15, 0.2) is 23.1 Å². The minimum atomic E-state index is -1.25. The van der Waals surface area contributed by atoms with E-state index in [0.717, 1.165) is 25.6 Å². The van der Waals surface area contributed by atoms with E-state index in [1.807, 2.05) is 13.8 Å². The molecule has 0 saturated carbocycles. The predicted molar refractivity (Wildman–Crippen MR) is 129 cm³/mol. The number of aliphatic hydroxyl groups is 1. The molecule has 1 aliphatic carbocycles. The van der Waals surface area contributed by atoms with E-state index in [9.17, 15) is 29.1 Å². The fourth-order valence-corrected chi connectivity index (χ4v) is 5.15. The van der Waals surface area contributed by atoms with Crippen LogP contribution in [0.15, 0.2) is 16.3 Å². The molecule has 200 valence electrons. The molecule has 0 amide bonds. The summed E-state index contributed by atoms with van der Waals surface area (Å²) in [5, 5.41) is 10.3. The topological polar surface area (TPSA) is 155 Å². The summed E-state index contributed by atoms with van der Waals surface area (Å²) in [5.74, 6) is -2.45. The number of hydrogen-bond acceptors (Lipinski definition) is 12. The number of hydrogen-bond donors (Lipinski definition) is 1. The lowest BCUT2D eigenvalue weighted by atomic mass is 9.75. The van der Waals surface area contributed by atoms with Gasteiger partial charge in [0.1, 0.15) is 29.9 Å². The summed E-state index contributed by atoms with van der Waals surface area (Å²) in [5.41, 5.74) is -1.26. The number of carbonyl (C=O) groups is 5. The third-order valence-electron chi connectivity index (χ3n) is 5.51. The van der Waals surface area contributed by atoms with Crippen molar-refractivity contribution in [2.45, 2.75) is 91.1 Å². The van der Waals surface area contributed by atoms with Crippen LogP contribution < -0.4 is 0 Å². The lowest BCUT2D eigenvalue weighted by Crippen LogP contribution is -2.60. The van der Waals surface area contributed by atoms with Gasteiger partial charge in [-0.15, -0.1) is 0 Å². The van der Waals surface area contributed by atoms with Crippen LogP contribution >= 0.6 is 11.8 Å². The van der Waals surface area contributed by atoms with Crippen LogP contribution in [0.4, 0.5) is 0 Å². The molecule has 0 bridgehead atoms. The van der Waals surface area contributed by atoms with E-state index < -0.39 is 53.1 Å². The number of thioether (sulfide) groups is 1. The van der Waals surface area contributed by atoms with Gasteiger partial charge < -0.3 is 24.1 Å². The fraction of sp³-hybridized carbons (Fsp3) is 0.667. The van der Waals surface area contributed by atoms with Gasteiger partial charge in [-0.1, -0.05) is 25.6 Å². The van der Waals surface area contributed by atoms with Gasteiger partial charge in [-0.2, -0.15) is 0 Å². The average Bonchev–Trinajstić information content (AvgIpc) is 2.68. The van der Waals surface area contributed by atoms with E-state index in [4.69, 9.17) is 18.9 Å². The van der Waals surface area contributed by atoms with Gasteiger partial charge in [-0.05, 0) is 12.3 Å². The molecule has 0 spiro atoms. The first kappa shape index (κ1) is 29.5. The van der Waals surface area contributed by atoms with Crippen LogP contribution in [0.2, 0.25) is 0 Å². The normalized spacial score (nSPS) is 28.4. The molecule has 2 aliphatic rings. The van der Waals surface area contributed by atoms with Crippen molar-refractivity contribution in [3.05, 3.63) is 11.3 Å². The Hall–Kier alpha value is -2.73. The Morgan fingerprint density at radius 1 is 1.00 bits per heavy atom. The maximum atomic E-state index is 12.8. The minimum Gasteiger partial charge on any atom is -0.511 e. The first-order valence-electron chi connectivity index (χ1n) is 11.4. The summed E-state index contributed by atoms with van der Waals surface area (Å²) in [6.45, 7) is 9.72. The molecule has 12 heteroatoms. The van der Waals surface area contributed by atoms with E-state index in [1.165, 1.54) is 20.8 Å². The van der Waals surface area contributed by atoms with Gasteiger partial charge in [0.2, 0.25) is 0 Å². The maximum absolute atomic E-state index is 12.8. The van der Waals surface area contributed by atoms with E-state index >= 15 is 0 Å². The number of esters is 3. The molecule has 2 rings (SSSR count). The first-order chi connectivity index (χ1) is 16.6. The van der Waals surface area contributed by atoms with Gasteiger partial charge in [0.05, 0.1) is 5.57 Å². The van der Waals surface area contributed by atoms with Crippen LogP contribution in [-0.2, 0) is 42.9 Å². The van der Waals surface area contributed by atoms with Crippen molar-refractivity contribution in [1.29, 1.82) is 0 Å². The third-order valence-corrected chi connectivity index (χ3v) is 6.46. The van der Waals surface area contributed by atoms with E-state index in [1.54, 1.807) is 0 Å². The zero-order valence-electron chi connectivity index (χ0n) is 21.5. The Labute approximate surface area is 214 Å². The number of ether oxygens (including phenoxy) is 4.